The number of hydrogen-bond acceptors (Lipinski definition) is 7. The van der Waals surface area contributed by atoms with Gasteiger partial charge in [-0.15, -0.1) is 0 Å². The van der Waals surface area contributed by atoms with Crippen molar-refractivity contribution in [2.75, 3.05) is 18.0 Å². The van der Waals surface area contributed by atoms with Gasteiger partial charge in [0.2, 0.25) is 5.95 Å². The Kier molecular flexibility index (Phi) is 4.60. The second-order valence-electron chi connectivity index (χ2n) is 6.73. The lowest BCUT2D eigenvalue weighted by molar-refractivity contribution is 0.243. The highest BCUT2D eigenvalue weighted by molar-refractivity contribution is 5.80. The summed E-state index contributed by atoms with van der Waals surface area (Å²) in [5.41, 5.74) is 8.85. The molecule has 2 N–H and O–H groups in total. The maximum Gasteiger partial charge on any atom is 0.206 e. The van der Waals surface area contributed by atoms with Gasteiger partial charge >= 0.3 is 0 Å². The molecule has 1 aromatic carbocycles. The molecule has 2 atom stereocenters. The van der Waals surface area contributed by atoms with Crippen molar-refractivity contribution >= 4 is 17.0 Å². The highest BCUT2D eigenvalue weighted by Gasteiger charge is 2.29. The van der Waals surface area contributed by atoms with Crippen LogP contribution >= 0.6 is 0 Å². The van der Waals surface area contributed by atoms with Crippen LogP contribution in [0.5, 0.6) is 0 Å². The number of aromatic nitrogens is 4. The molecule has 0 amide bonds. The van der Waals surface area contributed by atoms with E-state index in [1.807, 2.05) is 21.6 Å². The lowest BCUT2D eigenvalue weighted by Crippen LogP contribution is -2.50. The van der Waals surface area contributed by atoms with Gasteiger partial charge in [0.25, 0.3) is 0 Å². The number of nitrogens with zero attached hydrogens (tertiary/aromatic N) is 7. The first kappa shape index (κ1) is 17.8. The van der Waals surface area contributed by atoms with Crippen LogP contribution in [0.4, 0.5) is 10.3 Å². The number of piperidine rings is 1. The van der Waals surface area contributed by atoms with Gasteiger partial charge in [0, 0.05) is 13.1 Å². The van der Waals surface area contributed by atoms with Gasteiger partial charge in [0.1, 0.15) is 12.2 Å². The van der Waals surface area contributed by atoms with E-state index in [-0.39, 0.29) is 5.69 Å². The molecule has 2 aromatic heterocycles. The highest BCUT2D eigenvalue weighted by atomic mass is 19.1. The van der Waals surface area contributed by atoms with E-state index in [4.69, 9.17) is 16.0 Å². The second kappa shape index (κ2) is 7.22. The van der Waals surface area contributed by atoms with Crippen molar-refractivity contribution in [2.24, 2.45) is 5.73 Å². The smallest absolute Gasteiger partial charge is 0.206 e. The van der Waals surface area contributed by atoms with Crippen LogP contribution in [0.15, 0.2) is 30.6 Å². The summed E-state index contributed by atoms with van der Waals surface area (Å²) in [6.45, 7) is 1.23. The number of hydrogen-bond donors (Lipinski definition) is 1. The van der Waals surface area contributed by atoms with Gasteiger partial charge in [-0.05, 0) is 24.6 Å². The van der Waals surface area contributed by atoms with Crippen LogP contribution in [0.1, 0.15) is 23.4 Å². The lowest BCUT2D eigenvalue weighted by atomic mass is 10.1. The lowest BCUT2D eigenvalue weighted by Gasteiger charge is -2.34. The maximum atomic E-state index is 13.8. The molecule has 0 radical (unpaired) electrons. The van der Waals surface area contributed by atoms with Crippen LogP contribution in [-0.2, 0) is 6.54 Å². The van der Waals surface area contributed by atoms with Gasteiger partial charge in [-0.2, -0.15) is 10.5 Å². The number of imidazole rings is 1. The first-order valence-electron chi connectivity index (χ1n) is 8.85. The van der Waals surface area contributed by atoms with Crippen LogP contribution in [-0.4, -0.2) is 44.8 Å². The number of benzene rings is 1. The van der Waals surface area contributed by atoms with Crippen LogP contribution in [0.25, 0.3) is 11.0 Å². The van der Waals surface area contributed by atoms with E-state index in [9.17, 15) is 9.65 Å². The number of nitrogens with two attached hydrogens (primary N) is 1. The van der Waals surface area contributed by atoms with Gasteiger partial charge in [0.15, 0.2) is 5.69 Å². The number of halogens is 1. The minimum atomic E-state index is -1.02. The van der Waals surface area contributed by atoms with E-state index in [0.29, 0.717) is 48.8 Å². The third-order valence-electron chi connectivity index (χ3n) is 4.85. The average Bonchev–Trinajstić information content (AvgIpc) is 3.08. The summed E-state index contributed by atoms with van der Waals surface area (Å²) in [6, 6.07) is 8.78. The average molecular weight is 376 g/mol. The molecule has 1 aliphatic rings. The monoisotopic (exact) mass is 376 g/mol. The minimum Gasteiger partial charge on any atom is -0.340 e. The fourth-order valence-electron chi connectivity index (χ4n) is 3.38. The molecule has 0 bridgehead atoms. The van der Waals surface area contributed by atoms with E-state index < -0.39 is 12.2 Å². The molecule has 9 heteroatoms. The zero-order valence-corrected chi connectivity index (χ0v) is 15.0. The van der Waals surface area contributed by atoms with Gasteiger partial charge < -0.3 is 15.2 Å². The molecule has 1 saturated heterocycles. The van der Waals surface area contributed by atoms with E-state index in [0.717, 1.165) is 5.52 Å². The molecule has 140 valence electrons. The zero-order chi connectivity index (χ0) is 19.7. The summed E-state index contributed by atoms with van der Waals surface area (Å²) < 4.78 is 15.8. The third-order valence-corrected chi connectivity index (χ3v) is 4.85. The van der Waals surface area contributed by atoms with Gasteiger partial charge in [-0.25, -0.2) is 14.4 Å². The normalized spacial score (nSPS) is 19.4. The molecule has 0 unspecified atom stereocenters. The van der Waals surface area contributed by atoms with Crippen molar-refractivity contribution in [3.63, 3.8) is 0 Å². The SMILES string of the molecule is N#Cc1ccc2c(c1)nc(N1CC[C@@H](F)[C@H](N)C1)n2Cc1cnc(C#N)cn1. The van der Waals surface area contributed by atoms with Crippen molar-refractivity contribution in [1.82, 2.24) is 19.5 Å². The Bertz CT molecular complexity index is 1090. The van der Waals surface area contributed by atoms with Gasteiger partial charge in [-0.3, -0.25) is 4.98 Å². The number of alkyl halides is 1. The maximum absolute atomic E-state index is 13.8. The summed E-state index contributed by atoms with van der Waals surface area (Å²) in [7, 11) is 0. The molecule has 8 nitrogen and oxygen atoms in total. The number of anilines is 1. The van der Waals surface area contributed by atoms with E-state index in [1.165, 1.54) is 6.20 Å². The van der Waals surface area contributed by atoms with Crippen molar-refractivity contribution in [3.05, 3.63) is 47.5 Å². The highest BCUT2D eigenvalue weighted by Crippen LogP contribution is 2.27. The largest absolute Gasteiger partial charge is 0.340 e. The van der Waals surface area contributed by atoms with Gasteiger partial charge in [0.05, 0.1) is 53.3 Å². The van der Waals surface area contributed by atoms with Crippen LogP contribution < -0.4 is 10.6 Å². The quantitative estimate of drug-likeness (QED) is 0.735. The predicted octanol–water partition coefficient (Wildman–Crippen LogP) is 1.49. The van der Waals surface area contributed by atoms with Crippen molar-refractivity contribution in [1.29, 1.82) is 10.5 Å². The number of rotatable bonds is 3. The molecule has 0 saturated carbocycles. The number of fused-ring (bicyclic) bond motifs is 1. The Morgan fingerprint density at radius 2 is 2.07 bits per heavy atom. The standard InChI is InChI=1S/C19H17FN8/c20-15-3-4-27(11-16(15)23)19-26-17-5-12(6-21)1-2-18(17)28(19)10-14-9-24-13(7-22)8-25-14/h1-2,5,8-9,15-16H,3-4,10-11,23H2/t15-,16-/m1/s1. The Morgan fingerprint density at radius 1 is 1.21 bits per heavy atom. The summed E-state index contributed by atoms with van der Waals surface area (Å²) in [6.07, 6.45) is 2.29. The zero-order valence-electron chi connectivity index (χ0n) is 15.0. The molecular formula is C19H17FN8. The molecule has 3 heterocycles. The second-order valence-corrected chi connectivity index (χ2v) is 6.73. The summed E-state index contributed by atoms with van der Waals surface area (Å²) in [5.74, 6) is 0.651. The Balaban J connectivity index is 1.77. The molecule has 28 heavy (non-hydrogen) atoms. The van der Waals surface area contributed by atoms with Gasteiger partial charge in [-0.1, -0.05) is 0 Å². The molecule has 3 aromatic rings. The van der Waals surface area contributed by atoms with Crippen molar-refractivity contribution < 1.29 is 4.39 Å². The minimum absolute atomic E-state index is 0.245. The Morgan fingerprint density at radius 3 is 2.75 bits per heavy atom. The molecule has 4 rings (SSSR count). The van der Waals surface area contributed by atoms with E-state index >= 15 is 0 Å². The fourth-order valence-corrected chi connectivity index (χ4v) is 3.38. The van der Waals surface area contributed by atoms with Crippen LogP contribution in [0, 0.1) is 22.7 Å². The Labute approximate surface area is 160 Å². The summed E-state index contributed by atoms with van der Waals surface area (Å²) >= 11 is 0. The molecule has 1 aliphatic heterocycles. The molecular weight excluding hydrogens is 359 g/mol. The predicted molar refractivity (Wildman–Crippen MR) is 100.0 cm³/mol. The fraction of sp³-hybridized carbons (Fsp3) is 0.316. The first-order valence-corrected chi connectivity index (χ1v) is 8.85. The van der Waals surface area contributed by atoms with Crippen LogP contribution in [0.2, 0.25) is 0 Å². The van der Waals surface area contributed by atoms with E-state index in [1.54, 1.807) is 18.3 Å². The molecule has 0 spiro atoms. The molecule has 0 aliphatic carbocycles. The topological polar surface area (TPSA) is 120 Å². The van der Waals surface area contributed by atoms with Crippen LogP contribution in [0.3, 0.4) is 0 Å². The first-order chi connectivity index (χ1) is 13.6. The molecule has 1 fully saturated rings. The summed E-state index contributed by atoms with van der Waals surface area (Å²) in [5, 5.41) is 18.1. The third kappa shape index (κ3) is 3.24. The van der Waals surface area contributed by atoms with E-state index in [2.05, 4.69) is 16.0 Å². The van der Waals surface area contributed by atoms with Crippen molar-refractivity contribution in [2.45, 2.75) is 25.2 Å². The summed E-state index contributed by atoms with van der Waals surface area (Å²) in [4.78, 5) is 15.0. The van der Waals surface area contributed by atoms with Crippen molar-refractivity contribution in [3.8, 4) is 12.1 Å². The number of nitriles is 2. The Hall–Kier alpha value is -3.56.